The van der Waals surface area contributed by atoms with Gasteiger partial charge >= 0.3 is 5.97 Å². The van der Waals surface area contributed by atoms with E-state index in [1.165, 1.54) is 0 Å². The summed E-state index contributed by atoms with van der Waals surface area (Å²) in [6.45, 7) is 3.44. The van der Waals surface area contributed by atoms with Gasteiger partial charge in [0, 0.05) is 22.2 Å². The first-order valence-electron chi connectivity index (χ1n) is 9.35. The summed E-state index contributed by atoms with van der Waals surface area (Å²) in [5, 5.41) is 3.33. The summed E-state index contributed by atoms with van der Waals surface area (Å²) in [4.78, 5) is 36.3. The van der Waals surface area contributed by atoms with Crippen molar-refractivity contribution < 1.29 is 23.9 Å². The molecule has 152 valence electrons. The van der Waals surface area contributed by atoms with Gasteiger partial charge in [-0.15, -0.1) is 0 Å². The van der Waals surface area contributed by atoms with E-state index in [9.17, 15) is 14.4 Å². The quantitative estimate of drug-likeness (QED) is 0.571. The molecule has 1 N–H and O–H groups in total. The molecular formula is C22H22ClNO5. The zero-order valence-corrected chi connectivity index (χ0v) is 17.0. The Hall–Kier alpha value is -2.86. The zero-order chi connectivity index (χ0) is 21.0. The Labute approximate surface area is 174 Å². The summed E-state index contributed by atoms with van der Waals surface area (Å²) in [5.41, 5.74) is 1.85. The van der Waals surface area contributed by atoms with E-state index in [4.69, 9.17) is 21.1 Å². The number of halogens is 1. The first-order valence-corrected chi connectivity index (χ1v) is 9.73. The van der Waals surface area contributed by atoms with Crippen LogP contribution in [-0.4, -0.2) is 30.9 Å². The van der Waals surface area contributed by atoms with Gasteiger partial charge in [0.2, 0.25) is 5.91 Å². The van der Waals surface area contributed by atoms with Crippen LogP contribution in [0.1, 0.15) is 29.8 Å². The van der Waals surface area contributed by atoms with E-state index in [1.807, 2.05) is 0 Å². The number of hydrogen-bond donors (Lipinski definition) is 1. The highest BCUT2D eigenvalue weighted by atomic mass is 35.5. The Morgan fingerprint density at radius 2 is 1.90 bits per heavy atom. The maximum atomic E-state index is 12.3. The molecular weight excluding hydrogens is 394 g/mol. The summed E-state index contributed by atoms with van der Waals surface area (Å²) in [7, 11) is 0. The van der Waals surface area contributed by atoms with Gasteiger partial charge in [-0.25, -0.2) is 0 Å². The number of carbonyl (C=O) groups is 3. The Balaban J connectivity index is 1.52. The van der Waals surface area contributed by atoms with E-state index in [2.05, 4.69) is 5.32 Å². The highest BCUT2D eigenvalue weighted by molar-refractivity contribution is 6.30. The largest absolute Gasteiger partial charge is 0.492 e. The van der Waals surface area contributed by atoms with Crippen LogP contribution in [0, 0.1) is 11.8 Å². The number of Topliss-reactive ketones (excluding diaryl/α,β-unsaturated/α-hetero) is 1. The summed E-state index contributed by atoms with van der Waals surface area (Å²) in [5.74, 6) is -0.815. The fraction of sp³-hybridized carbons (Fsp3) is 0.318. The number of fused-ring (bicyclic) bond motifs is 1. The highest BCUT2D eigenvalue weighted by Crippen LogP contribution is 2.30. The zero-order valence-electron chi connectivity index (χ0n) is 16.2. The van der Waals surface area contributed by atoms with Gasteiger partial charge in [0.05, 0.1) is 5.92 Å². The molecule has 0 aliphatic carbocycles. The molecule has 0 saturated carbocycles. The molecule has 7 heteroatoms. The van der Waals surface area contributed by atoms with Gasteiger partial charge in [0.15, 0.2) is 12.4 Å². The van der Waals surface area contributed by atoms with E-state index in [0.717, 1.165) is 5.56 Å². The van der Waals surface area contributed by atoms with Crippen LogP contribution in [0.3, 0.4) is 0 Å². The van der Waals surface area contributed by atoms with E-state index < -0.39 is 11.9 Å². The number of amides is 1. The van der Waals surface area contributed by atoms with Gasteiger partial charge in [0.25, 0.3) is 0 Å². The highest BCUT2D eigenvalue weighted by Gasteiger charge is 2.28. The summed E-state index contributed by atoms with van der Waals surface area (Å²) in [6, 6.07) is 11.7. The Morgan fingerprint density at radius 1 is 1.17 bits per heavy atom. The molecule has 2 aromatic carbocycles. The van der Waals surface area contributed by atoms with Crippen molar-refractivity contribution >= 4 is 34.9 Å². The molecule has 1 aliphatic heterocycles. The standard InChI is InChI=1S/C22H22ClNO5/c1-13(2)21(26)24-18-6-3-14(4-7-18)19(25)12-29-22(27)16-9-15-10-17(23)5-8-20(15)28-11-16/h3-8,10,13,16H,9,11-12H2,1-2H3,(H,24,26)/t16-/m0/s1. The topological polar surface area (TPSA) is 81.7 Å². The predicted octanol–water partition coefficient (Wildman–Crippen LogP) is 3.91. The van der Waals surface area contributed by atoms with Crippen LogP contribution in [0.2, 0.25) is 5.02 Å². The van der Waals surface area contributed by atoms with E-state index in [0.29, 0.717) is 28.4 Å². The average molecular weight is 416 g/mol. The minimum Gasteiger partial charge on any atom is -0.492 e. The number of ketones is 1. The van der Waals surface area contributed by atoms with Crippen LogP contribution in [0.5, 0.6) is 5.75 Å². The van der Waals surface area contributed by atoms with E-state index in [1.54, 1.807) is 56.3 Å². The number of carbonyl (C=O) groups excluding carboxylic acids is 3. The lowest BCUT2D eigenvalue weighted by molar-refractivity contribution is -0.148. The maximum Gasteiger partial charge on any atom is 0.313 e. The second-order valence-electron chi connectivity index (χ2n) is 7.22. The van der Waals surface area contributed by atoms with Crippen molar-refractivity contribution in [1.29, 1.82) is 0 Å². The third-order valence-corrected chi connectivity index (χ3v) is 4.84. The third kappa shape index (κ3) is 5.35. The monoisotopic (exact) mass is 415 g/mol. The van der Waals surface area contributed by atoms with Crippen molar-refractivity contribution in [1.82, 2.24) is 0 Å². The number of benzene rings is 2. The lowest BCUT2D eigenvalue weighted by atomic mass is 9.97. The molecule has 3 rings (SSSR count). The molecule has 0 unspecified atom stereocenters. The molecule has 0 fully saturated rings. The van der Waals surface area contributed by atoms with Crippen LogP contribution < -0.4 is 10.1 Å². The van der Waals surface area contributed by atoms with Crippen molar-refractivity contribution in [3.8, 4) is 5.75 Å². The van der Waals surface area contributed by atoms with Crippen molar-refractivity contribution in [3.63, 3.8) is 0 Å². The van der Waals surface area contributed by atoms with E-state index >= 15 is 0 Å². The number of hydrogen-bond acceptors (Lipinski definition) is 5. The number of ether oxygens (including phenoxy) is 2. The minimum atomic E-state index is -0.484. The maximum absolute atomic E-state index is 12.3. The number of anilines is 1. The fourth-order valence-electron chi connectivity index (χ4n) is 2.88. The van der Waals surface area contributed by atoms with E-state index in [-0.39, 0.29) is 30.8 Å². The van der Waals surface area contributed by atoms with Crippen molar-refractivity contribution in [2.45, 2.75) is 20.3 Å². The molecule has 0 spiro atoms. The molecule has 29 heavy (non-hydrogen) atoms. The molecule has 1 heterocycles. The second-order valence-corrected chi connectivity index (χ2v) is 7.65. The van der Waals surface area contributed by atoms with Crippen molar-refractivity contribution in [2.75, 3.05) is 18.5 Å². The molecule has 6 nitrogen and oxygen atoms in total. The van der Waals surface area contributed by atoms with Crippen LogP contribution in [0.4, 0.5) is 5.69 Å². The average Bonchev–Trinajstić information content (AvgIpc) is 2.71. The van der Waals surface area contributed by atoms with Crippen LogP contribution in [0.25, 0.3) is 0 Å². The number of esters is 1. The lowest BCUT2D eigenvalue weighted by Gasteiger charge is -2.24. The lowest BCUT2D eigenvalue weighted by Crippen LogP contribution is -2.31. The predicted molar refractivity (Wildman–Crippen MR) is 109 cm³/mol. The summed E-state index contributed by atoms with van der Waals surface area (Å²) >= 11 is 5.99. The molecule has 0 radical (unpaired) electrons. The molecule has 0 bridgehead atoms. The molecule has 0 aromatic heterocycles. The van der Waals surface area contributed by atoms with Crippen LogP contribution >= 0.6 is 11.6 Å². The Bertz CT molecular complexity index is 923. The fourth-order valence-corrected chi connectivity index (χ4v) is 3.07. The van der Waals surface area contributed by atoms with Gasteiger partial charge in [-0.3, -0.25) is 14.4 Å². The molecule has 0 saturated heterocycles. The minimum absolute atomic E-state index is 0.101. The second kappa shape index (κ2) is 9.09. The number of rotatable bonds is 6. The number of nitrogens with one attached hydrogen (secondary N) is 1. The van der Waals surface area contributed by atoms with Gasteiger partial charge in [-0.2, -0.15) is 0 Å². The van der Waals surface area contributed by atoms with Gasteiger partial charge in [-0.05, 0) is 54.4 Å². The smallest absolute Gasteiger partial charge is 0.313 e. The first-order chi connectivity index (χ1) is 13.8. The normalized spacial score (nSPS) is 15.2. The molecule has 1 amide bonds. The first kappa shape index (κ1) is 20.9. The third-order valence-electron chi connectivity index (χ3n) is 4.61. The SMILES string of the molecule is CC(C)C(=O)Nc1ccc(C(=O)COC(=O)[C@@H]2COc3ccc(Cl)cc3C2)cc1. The molecule has 2 aromatic rings. The molecule has 1 aliphatic rings. The van der Waals surface area contributed by atoms with Gasteiger partial charge in [-0.1, -0.05) is 25.4 Å². The van der Waals surface area contributed by atoms with Gasteiger partial charge in [0.1, 0.15) is 12.4 Å². The van der Waals surface area contributed by atoms with Crippen molar-refractivity contribution in [2.24, 2.45) is 11.8 Å². The summed E-state index contributed by atoms with van der Waals surface area (Å²) < 4.78 is 10.8. The van der Waals surface area contributed by atoms with Crippen LogP contribution in [0.15, 0.2) is 42.5 Å². The van der Waals surface area contributed by atoms with Crippen molar-refractivity contribution in [3.05, 3.63) is 58.6 Å². The summed E-state index contributed by atoms with van der Waals surface area (Å²) in [6.07, 6.45) is 0.452. The molecule has 1 atom stereocenters. The Morgan fingerprint density at radius 3 is 2.59 bits per heavy atom. The van der Waals surface area contributed by atoms with Crippen LogP contribution in [-0.2, 0) is 20.7 Å². The van der Waals surface area contributed by atoms with Gasteiger partial charge < -0.3 is 14.8 Å². The Kier molecular flexibility index (Phi) is 6.54.